The maximum Gasteiger partial charge on any atom is -0.000835 e. The minimum atomic E-state index is 0.869. The zero-order valence-corrected chi connectivity index (χ0v) is 12.1. The van der Waals surface area contributed by atoms with Crippen LogP contribution in [0.5, 0.6) is 0 Å². The van der Waals surface area contributed by atoms with Gasteiger partial charge in [-0.2, -0.15) is 0 Å². The van der Waals surface area contributed by atoms with Crippen LogP contribution < -0.4 is 5.32 Å². The number of unbranched alkanes of at least 4 members (excludes halogenated alkanes) is 3. The van der Waals surface area contributed by atoms with E-state index in [9.17, 15) is 0 Å². The molecule has 102 valence electrons. The molecule has 1 N–H and O–H groups in total. The van der Waals surface area contributed by atoms with Crippen LogP contribution in [0.4, 0.5) is 0 Å². The van der Waals surface area contributed by atoms with E-state index in [2.05, 4.69) is 49.5 Å². The van der Waals surface area contributed by atoms with Crippen LogP contribution >= 0.6 is 0 Å². The molecule has 1 aromatic carbocycles. The molecule has 0 bridgehead atoms. The normalized spacial score (nSPS) is 11.1. The average Bonchev–Trinajstić information content (AvgIpc) is 2.37. The molecule has 0 aliphatic rings. The summed E-state index contributed by atoms with van der Waals surface area (Å²) >= 11 is 0. The van der Waals surface area contributed by atoms with Crippen molar-refractivity contribution >= 4 is 0 Å². The highest BCUT2D eigenvalue weighted by Crippen LogP contribution is 2.08. The van der Waals surface area contributed by atoms with Crippen LogP contribution in [0.15, 0.2) is 30.3 Å². The van der Waals surface area contributed by atoms with Gasteiger partial charge in [0.15, 0.2) is 0 Å². The third-order valence-electron chi connectivity index (χ3n) is 3.32. The van der Waals surface area contributed by atoms with E-state index in [1.165, 1.54) is 44.2 Å². The molecule has 1 heteroatoms. The average molecular weight is 247 g/mol. The first kappa shape index (κ1) is 15.2. The van der Waals surface area contributed by atoms with Crippen molar-refractivity contribution in [1.29, 1.82) is 0 Å². The third kappa shape index (κ3) is 8.30. The summed E-state index contributed by atoms with van der Waals surface area (Å²) in [7, 11) is 0. The van der Waals surface area contributed by atoms with Gasteiger partial charge in [0.05, 0.1) is 0 Å². The van der Waals surface area contributed by atoms with E-state index < -0.39 is 0 Å². The maximum absolute atomic E-state index is 3.53. The minimum absolute atomic E-state index is 0.869. The quantitative estimate of drug-likeness (QED) is 0.603. The second-order valence-corrected chi connectivity index (χ2v) is 5.58. The highest BCUT2D eigenvalue weighted by atomic mass is 14.8. The summed E-state index contributed by atoms with van der Waals surface area (Å²) in [4.78, 5) is 0. The number of benzene rings is 1. The van der Waals surface area contributed by atoms with Gasteiger partial charge in [-0.15, -0.1) is 0 Å². The molecule has 0 spiro atoms. The second kappa shape index (κ2) is 10.1. The summed E-state index contributed by atoms with van der Waals surface area (Å²) < 4.78 is 0. The first-order chi connectivity index (χ1) is 8.79. The lowest BCUT2D eigenvalue weighted by atomic mass is 10.0. The molecule has 1 nitrogen and oxygen atoms in total. The van der Waals surface area contributed by atoms with Gasteiger partial charge in [-0.1, -0.05) is 69.9 Å². The molecule has 0 saturated carbocycles. The number of hydrogen-bond donors (Lipinski definition) is 1. The topological polar surface area (TPSA) is 12.0 Å². The minimum Gasteiger partial charge on any atom is -0.316 e. The van der Waals surface area contributed by atoms with Gasteiger partial charge in [-0.3, -0.25) is 0 Å². The largest absolute Gasteiger partial charge is 0.316 e. The van der Waals surface area contributed by atoms with Gasteiger partial charge in [0.2, 0.25) is 0 Å². The molecular formula is C17H29N. The Morgan fingerprint density at radius 3 is 2.33 bits per heavy atom. The Morgan fingerprint density at radius 2 is 1.61 bits per heavy atom. The van der Waals surface area contributed by atoms with Crippen molar-refractivity contribution in [2.24, 2.45) is 5.92 Å². The van der Waals surface area contributed by atoms with Gasteiger partial charge in [0, 0.05) is 0 Å². The molecule has 0 heterocycles. The molecule has 18 heavy (non-hydrogen) atoms. The fraction of sp³-hybridized carbons (Fsp3) is 0.647. The molecule has 0 aliphatic carbocycles. The van der Waals surface area contributed by atoms with E-state index in [4.69, 9.17) is 0 Å². The molecule has 0 saturated heterocycles. The van der Waals surface area contributed by atoms with E-state index in [1.54, 1.807) is 0 Å². The molecule has 0 unspecified atom stereocenters. The molecule has 0 amide bonds. The summed E-state index contributed by atoms with van der Waals surface area (Å²) in [5, 5.41) is 3.53. The Morgan fingerprint density at radius 1 is 0.889 bits per heavy atom. The first-order valence-corrected chi connectivity index (χ1v) is 7.53. The Kier molecular flexibility index (Phi) is 8.58. The summed E-state index contributed by atoms with van der Waals surface area (Å²) in [5.74, 6) is 0.869. The van der Waals surface area contributed by atoms with Crippen LogP contribution in [0, 0.1) is 5.92 Å². The highest BCUT2D eigenvalue weighted by molar-refractivity contribution is 5.14. The van der Waals surface area contributed by atoms with E-state index in [-0.39, 0.29) is 0 Å². The highest BCUT2D eigenvalue weighted by Gasteiger charge is 1.95. The van der Waals surface area contributed by atoms with Crippen molar-refractivity contribution < 1.29 is 0 Å². The van der Waals surface area contributed by atoms with Gasteiger partial charge in [-0.25, -0.2) is 0 Å². The molecule has 0 radical (unpaired) electrons. The predicted octanol–water partition coefficient (Wildman–Crippen LogP) is 4.43. The fourth-order valence-electron chi connectivity index (χ4n) is 2.16. The van der Waals surface area contributed by atoms with E-state index in [0.29, 0.717) is 0 Å². The molecular weight excluding hydrogens is 218 g/mol. The molecule has 0 aromatic heterocycles. The summed E-state index contributed by atoms with van der Waals surface area (Å²) in [6, 6.07) is 10.7. The molecule has 0 aliphatic heterocycles. The third-order valence-corrected chi connectivity index (χ3v) is 3.32. The van der Waals surface area contributed by atoms with Gasteiger partial charge in [0.1, 0.15) is 0 Å². The SMILES string of the molecule is CC(C)CCCCCCNCCc1ccccc1. The van der Waals surface area contributed by atoms with E-state index >= 15 is 0 Å². The molecule has 1 rings (SSSR count). The Hall–Kier alpha value is -0.820. The van der Waals surface area contributed by atoms with Crippen LogP contribution in [0.2, 0.25) is 0 Å². The lowest BCUT2D eigenvalue weighted by Gasteiger charge is -2.06. The van der Waals surface area contributed by atoms with Crippen molar-refractivity contribution in [2.45, 2.75) is 52.4 Å². The Balaban J connectivity index is 1.84. The van der Waals surface area contributed by atoms with Crippen molar-refractivity contribution in [1.82, 2.24) is 5.32 Å². The van der Waals surface area contributed by atoms with Crippen molar-refractivity contribution in [2.75, 3.05) is 13.1 Å². The van der Waals surface area contributed by atoms with Crippen LogP contribution in [0.3, 0.4) is 0 Å². The standard InChI is InChI=1S/C17H29N/c1-16(2)10-6-3-4-9-14-18-15-13-17-11-7-5-8-12-17/h5,7-8,11-12,16,18H,3-4,6,9-10,13-15H2,1-2H3. The summed E-state index contributed by atoms with van der Waals surface area (Å²) in [6.45, 7) is 6.90. The number of hydrogen-bond acceptors (Lipinski definition) is 1. The second-order valence-electron chi connectivity index (χ2n) is 5.58. The summed E-state index contributed by atoms with van der Waals surface area (Å²) in [6.07, 6.45) is 8.05. The van der Waals surface area contributed by atoms with Crippen molar-refractivity contribution in [3.8, 4) is 0 Å². The first-order valence-electron chi connectivity index (χ1n) is 7.53. The van der Waals surface area contributed by atoms with Crippen LogP contribution in [-0.4, -0.2) is 13.1 Å². The van der Waals surface area contributed by atoms with Gasteiger partial charge in [-0.05, 0) is 37.4 Å². The lowest BCUT2D eigenvalue weighted by molar-refractivity contribution is 0.512. The van der Waals surface area contributed by atoms with Crippen LogP contribution in [0.25, 0.3) is 0 Å². The zero-order valence-electron chi connectivity index (χ0n) is 12.1. The smallest absolute Gasteiger partial charge is 0.000835 e. The predicted molar refractivity (Wildman–Crippen MR) is 80.9 cm³/mol. The van der Waals surface area contributed by atoms with Crippen LogP contribution in [-0.2, 0) is 6.42 Å². The van der Waals surface area contributed by atoms with Crippen molar-refractivity contribution in [3.63, 3.8) is 0 Å². The van der Waals surface area contributed by atoms with E-state index in [0.717, 1.165) is 18.9 Å². The maximum atomic E-state index is 3.53. The van der Waals surface area contributed by atoms with Gasteiger partial charge < -0.3 is 5.32 Å². The van der Waals surface area contributed by atoms with Crippen LogP contribution in [0.1, 0.15) is 51.5 Å². The number of rotatable bonds is 10. The Bertz CT molecular complexity index is 279. The molecule has 0 atom stereocenters. The summed E-state index contributed by atoms with van der Waals surface area (Å²) in [5.41, 5.74) is 1.43. The molecule has 0 fully saturated rings. The van der Waals surface area contributed by atoms with E-state index in [1.807, 2.05) is 0 Å². The number of nitrogens with one attached hydrogen (secondary N) is 1. The molecule has 1 aromatic rings. The lowest BCUT2D eigenvalue weighted by Crippen LogP contribution is -2.18. The van der Waals surface area contributed by atoms with Gasteiger partial charge in [0.25, 0.3) is 0 Å². The monoisotopic (exact) mass is 247 g/mol. The fourth-order valence-corrected chi connectivity index (χ4v) is 2.16. The van der Waals surface area contributed by atoms with Crippen molar-refractivity contribution in [3.05, 3.63) is 35.9 Å². The Labute approximate surface area is 113 Å². The zero-order chi connectivity index (χ0) is 13.1. The van der Waals surface area contributed by atoms with Gasteiger partial charge >= 0.3 is 0 Å².